The lowest BCUT2D eigenvalue weighted by atomic mass is 10.2. The molecule has 0 bridgehead atoms. The van der Waals surface area contributed by atoms with Gasteiger partial charge < -0.3 is 5.32 Å². The van der Waals surface area contributed by atoms with Crippen LogP contribution >= 0.6 is 0 Å². The van der Waals surface area contributed by atoms with E-state index >= 15 is 0 Å². The Hall–Kier alpha value is -2.64. The maximum absolute atomic E-state index is 12.6. The van der Waals surface area contributed by atoms with Gasteiger partial charge in [0.15, 0.2) is 0 Å². The first-order valence-corrected chi connectivity index (χ1v) is 6.31. The smallest absolute Gasteiger partial charge is 0.308 e. The Balaban J connectivity index is 2.09. The van der Waals surface area contributed by atoms with Crippen molar-refractivity contribution in [2.24, 2.45) is 0 Å². The Bertz CT molecular complexity index is 680. The number of aryl methyl sites for hydroxylation is 2. The third-order valence-corrected chi connectivity index (χ3v) is 2.66. The number of anilines is 2. The van der Waals surface area contributed by atoms with Gasteiger partial charge in [-0.25, -0.2) is 14.8 Å². The first-order valence-electron chi connectivity index (χ1n) is 6.31. The molecule has 0 aliphatic heterocycles. The van der Waals surface area contributed by atoms with E-state index in [1.165, 1.54) is 12.1 Å². The van der Waals surface area contributed by atoms with Crippen LogP contribution in [0, 0.1) is 13.8 Å². The molecule has 2 aromatic rings. The minimum atomic E-state index is -4.46. The molecule has 0 saturated heterocycles. The lowest BCUT2D eigenvalue weighted by Crippen LogP contribution is -2.21. The highest BCUT2D eigenvalue weighted by molar-refractivity contribution is 5.99. The van der Waals surface area contributed by atoms with Gasteiger partial charge in [0, 0.05) is 17.4 Å². The molecule has 1 heterocycles. The van der Waals surface area contributed by atoms with Gasteiger partial charge in [0.1, 0.15) is 11.6 Å². The average molecular weight is 310 g/mol. The van der Waals surface area contributed by atoms with Crippen LogP contribution < -0.4 is 10.6 Å². The third kappa shape index (κ3) is 4.18. The summed E-state index contributed by atoms with van der Waals surface area (Å²) in [6, 6.07) is 5.24. The molecule has 0 fully saturated rings. The van der Waals surface area contributed by atoms with E-state index < -0.39 is 17.8 Å². The molecule has 8 heteroatoms. The maximum Gasteiger partial charge on any atom is 0.416 e. The molecule has 2 N–H and O–H groups in total. The number of halogens is 3. The summed E-state index contributed by atoms with van der Waals surface area (Å²) in [7, 11) is 0. The molecule has 116 valence electrons. The van der Waals surface area contributed by atoms with Crippen molar-refractivity contribution in [1.29, 1.82) is 0 Å². The number of nitrogens with zero attached hydrogens (tertiary/aromatic N) is 2. The molecule has 0 radical (unpaired) electrons. The zero-order valence-electron chi connectivity index (χ0n) is 11.8. The second-order valence-electron chi connectivity index (χ2n) is 4.60. The number of alkyl halides is 3. The van der Waals surface area contributed by atoms with Crippen LogP contribution in [0.1, 0.15) is 17.1 Å². The van der Waals surface area contributed by atoms with Gasteiger partial charge in [-0.05, 0) is 32.0 Å². The number of aromatic nitrogens is 2. The van der Waals surface area contributed by atoms with Crippen molar-refractivity contribution in [2.45, 2.75) is 20.0 Å². The van der Waals surface area contributed by atoms with Gasteiger partial charge >= 0.3 is 12.2 Å². The van der Waals surface area contributed by atoms with Crippen LogP contribution in [-0.2, 0) is 6.18 Å². The summed E-state index contributed by atoms with van der Waals surface area (Å²) >= 11 is 0. The van der Waals surface area contributed by atoms with Gasteiger partial charge in [0.25, 0.3) is 0 Å². The molecular formula is C14H13F3N4O. The summed E-state index contributed by atoms with van der Waals surface area (Å²) < 4.78 is 37.8. The third-order valence-electron chi connectivity index (χ3n) is 2.66. The van der Waals surface area contributed by atoms with Crippen molar-refractivity contribution < 1.29 is 18.0 Å². The molecule has 1 aromatic heterocycles. The SMILES string of the molecule is Cc1cc(NC(=O)Nc2cccc(C(F)(F)F)c2)nc(C)n1. The number of hydrogen-bond acceptors (Lipinski definition) is 3. The standard InChI is InChI=1S/C14H13F3N4O/c1-8-6-12(19-9(2)18-8)21-13(22)20-11-5-3-4-10(7-11)14(15,16)17/h3-7H,1-2H3,(H2,18,19,20,21,22). The van der Waals surface area contributed by atoms with Crippen LogP contribution in [-0.4, -0.2) is 16.0 Å². The Labute approximate surface area is 124 Å². The number of carbonyl (C=O) groups excluding carboxylic acids is 1. The molecule has 5 nitrogen and oxygen atoms in total. The normalized spacial score (nSPS) is 11.1. The highest BCUT2D eigenvalue weighted by Gasteiger charge is 2.30. The van der Waals surface area contributed by atoms with E-state index in [2.05, 4.69) is 20.6 Å². The molecule has 0 unspecified atom stereocenters. The fourth-order valence-corrected chi connectivity index (χ4v) is 1.83. The van der Waals surface area contributed by atoms with Crippen molar-refractivity contribution in [3.63, 3.8) is 0 Å². The molecule has 2 amide bonds. The molecule has 22 heavy (non-hydrogen) atoms. The second kappa shape index (κ2) is 6.00. The number of amides is 2. The first-order chi connectivity index (χ1) is 10.2. The fourth-order valence-electron chi connectivity index (χ4n) is 1.83. The highest BCUT2D eigenvalue weighted by Crippen LogP contribution is 2.30. The van der Waals surface area contributed by atoms with E-state index in [0.29, 0.717) is 11.5 Å². The van der Waals surface area contributed by atoms with Gasteiger partial charge in [-0.1, -0.05) is 6.07 Å². The summed E-state index contributed by atoms with van der Waals surface area (Å²) in [6.45, 7) is 3.41. The van der Waals surface area contributed by atoms with Crippen molar-refractivity contribution in [3.8, 4) is 0 Å². The lowest BCUT2D eigenvalue weighted by Gasteiger charge is -2.11. The average Bonchev–Trinajstić information content (AvgIpc) is 2.36. The van der Waals surface area contributed by atoms with Crippen molar-refractivity contribution in [1.82, 2.24) is 9.97 Å². The number of hydrogen-bond donors (Lipinski definition) is 2. The van der Waals surface area contributed by atoms with Crippen LogP contribution in [0.2, 0.25) is 0 Å². The van der Waals surface area contributed by atoms with Crippen molar-refractivity contribution >= 4 is 17.5 Å². The number of urea groups is 1. The predicted molar refractivity (Wildman–Crippen MR) is 75.6 cm³/mol. The fraction of sp³-hybridized carbons (Fsp3) is 0.214. The molecule has 0 aliphatic carbocycles. The van der Waals surface area contributed by atoms with E-state index in [9.17, 15) is 18.0 Å². The number of nitrogens with one attached hydrogen (secondary N) is 2. The van der Waals surface area contributed by atoms with Crippen LogP contribution in [0.3, 0.4) is 0 Å². The van der Waals surface area contributed by atoms with E-state index in [-0.39, 0.29) is 11.5 Å². The van der Waals surface area contributed by atoms with E-state index in [1.54, 1.807) is 19.9 Å². The molecule has 2 rings (SSSR count). The topological polar surface area (TPSA) is 66.9 Å². The van der Waals surface area contributed by atoms with Crippen molar-refractivity contribution in [2.75, 3.05) is 10.6 Å². The molecule has 0 spiro atoms. The van der Waals surface area contributed by atoms with E-state index in [4.69, 9.17) is 0 Å². The Kier molecular flexibility index (Phi) is 4.30. The van der Waals surface area contributed by atoms with Crippen LogP contribution in [0.25, 0.3) is 0 Å². The van der Waals surface area contributed by atoms with Crippen LogP contribution in [0.4, 0.5) is 29.5 Å². The zero-order chi connectivity index (χ0) is 16.3. The Morgan fingerprint density at radius 3 is 2.45 bits per heavy atom. The molecule has 0 saturated carbocycles. The van der Waals surface area contributed by atoms with Crippen LogP contribution in [0.5, 0.6) is 0 Å². The maximum atomic E-state index is 12.6. The lowest BCUT2D eigenvalue weighted by molar-refractivity contribution is -0.137. The largest absolute Gasteiger partial charge is 0.416 e. The van der Waals surface area contributed by atoms with Gasteiger partial charge in [-0.2, -0.15) is 13.2 Å². The van der Waals surface area contributed by atoms with Gasteiger partial charge in [0.05, 0.1) is 5.56 Å². The number of carbonyl (C=O) groups is 1. The zero-order valence-corrected chi connectivity index (χ0v) is 11.8. The Morgan fingerprint density at radius 1 is 1.09 bits per heavy atom. The minimum absolute atomic E-state index is 0.0369. The summed E-state index contributed by atoms with van der Waals surface area (Å²) in [6.07, 6.45) is -4.46. The summed E-state index contributed by atoms with van der Waals surface area (Å²) in [5, 5.41) is 4.78. The monoisotopic (exact) mass is 310 g/mol. The molecule has 1 aromatic carbocycles. The van der Waals surface area contributed by atoms with E-state index in [1.807, 2.05) is 0 Å². The van der Waals surface area contributed by atoms with E-state index in [0.717, 1.165) is 12.1 Å². The summed E-state index contributed by atoms with van der Waals surface area (Å²) in [4.78, 5) is 19.9. The second-order valence-corrected chi connectivity index (χ2v) is 4.60. The molecule has 0 atom stereocenters. The Morgan fingerprint density at radius 2 is 1.82 bits per heavy atom. The predicted octanol–water partition coefficient (Wildman–Crippen LogP) is 3.76. The first kappa shape index (κ1) is 15.7. The summed E-state index contributed by atoms with van der Waals surface area (Å²) in [5.41, 5.74) is -0.129. The van der Waals surface area contributed by atoms with Crippen molar-refractivity contribution in [3.05, 3.63) is 47.4 Å². The molecular weight excluding hydrogens is 297 g/mol. The number of benzene rings is 1. The quantitative estimate of drug-likeness (QED) is 0.887. The minimum Gasteiger partial charge on any atom is -0.308 e. The molecule has 0 aliphatic rings. The van der Waals surface area contributed by atoms with Gasteiger partial charge in [0.2, 0.25) is 0 Å². The van der Waals surface area contributed by atoms with Gasteiger partial charge in [-0.15, -0.1) is 0 Å². The summed E-state index contributed by atoms with van der Waals surface area (Å²) in [5.74, 6) is 0.754. The highest BCUT2D eigenvalue weighted by atomic mass is 19.4. The van der Waals surface area contributed by atoms with Gasteiger partial charge in [-0.3, -0.25) is 5.32 Å². The number of rotatable bonds is 2. The van der Waals surface area contributed by atoms with Crippen LogP contribution in [0.15, 0.2) is 30.3 Å².